The van der Waals surface area contributed by atoms with Crippen molar-refractivity contribution < 1.29 is 19.8 Å². The lowest BCUT2D eigenvalue weighted by molar-refractivity contribution is -0.128. The molecule has 1 aromatic heterocycles. The first-order valence-corrected chi connectivity index (χ1v) is 12.6. The van der Waals surface area contributed by atoms with E-state index in [9.17, 15) is 14.7 Å². The number of carbonyl (C=O) groups excluding carboxylic acids is 1. The zero-order valence-electron chi connectivity index (χ0n) is 19.2. The van der Waals surface area contributed by atoms with E-state index >= 15 is 0 Å². The summed E-state index contributed by atoms with van der Waals surface area (Å²) in [4.78, 5) is 26.1. The predicted octanol–water partition coefficient (Wildman–Crippen LogP) is 4.98. The third kappa shape index (κ3) is 7.73. The van der Waals surface area contributed by atoms with E-state index in [-0.39, 0.29) is 28.8 Å². The molecule has 2 aromatic rings. The van der Waals surface area contributed by atoms with Gasteiger partial charge in [-0.1, -0.05) is 55.5 Å². The fraction of sp³-hybridized carbons (Fsp3) is 0.481. The van der Waals surface area contributed by atoms with Crippen LogP contribution in [0.25, 0.3) is 0 Å². The highest BCUT2D eigenvalue weighted by Gasteiger charge is 2.30. The highest BCUT2D eigenvalue weighted by molar-refractivity contribution is 7.14. The zero-order valence-corrected chi connectivity index (χ0v) is 20.0. The van der Waals surface area contributed by atoms with Crippen LogP contribution in [0.1, 0.15) is 72.0 Å². The Bertz CT molecular complexity index is 975. The summed E-state index contributed by atoms with van der Waals surface area (Å²) in [6.07, 6.45) is 6.76. The van der Waals surface area contributed by atoms with E-state index in [4.69, 9.17) is 5.11 Å². The highest BCUT2D eigenvalue weighted by Crippen LogP contribution is 2.25. The third-order valence-corrected chi connectivity index (χ3v) is 7.39. The molecule has 0 radical (unpaired) electrons. The summed E-state index contributed by atoms with van der Waals surface area (Å²) in [5.41, 5.74) is 1.36. The summed E-state index contributed by atoms with van der Waals surface area (Å²) >= 11 is 1.14. The monoisotopic (exact) mass is 467 g/mol. The number of carbonyl (C=O) groups is 2. The molecule has 1 saturated heterocycles. The van der Waals surface area contributed by atoms with E-state index < -0.39 is 5.97 Å². The fourth-order valence-electron chi connectivity index (χ4n) is 4.32. The van der Waals surface area contributed by atoms with Gasteiger partial charge in [0, 0.05) is 12.5 Å². The minimum Gasteiger partial charge on any atom is -0.477 e. The van der Waals surface area contributed by atoms with Crippen molar-refractivity contribution in [2.45, 2.75) is 70.4 Å². The fourth-order valence-corrected chi connectivity index (χ4v) is 5.04. The molecule has 33 heavy (non-hydrogen) atoms. The number of thiophene rings is 1. The number of amides is 1. The number of unbranched alkanes of at least 4 members (excludes halogenated alkanes) is 1. The van der Waals surface area contributed by atoms with Gasteiger partial charge in [-0.2, -0.15) is 0 Å². The Balaban J connectivity index is 1.40. The van der Waals surface area contributed by atoms with E-state index in [2.05, 4.69) is 43.0 Å². The Morgan fingerprint density at radius 3 is 2.70 bits per heavy atom. The van der Waals surface area contributed by atoms with Gasteiger partial charge < -0.3 is 15.1 Å². The summed E-state index contributed by atoms with van der Waals surface area (Å²) in [7, 11) is 0. The Morgan fingerprint density at radius 1 is 1.18 bits per heavy atom. The number of hydrogen-bond donors (Lipinski definition) is 2. The molecule has 5 nitrogen and oxygen atoms in total. The van der Waals surface area contributed by atoms with Crippen LogP contribution in [0, 0.1) is 17.8 Å². The molecule has 3 rings (SSSR count). The molecule has 1 fully saturated rings. The van der Waals surface area contributed by atoms with Crippen LogP contribution in [0.4, 0.5) is 0 Å². The first-order valence-electron chi connectivity index (χ1n) is 11.8. The number of rotatable bonds is 11. The number of aliphatic hydroxyl groups is 1. The first-order chi connectivity index (χ1) is 15.9. The maximum atomic E-state index is 12.3. The summed E-state index contributed by atoms with van der Waals surface area (Å²) < 4.78 is 0. The summed E-state index contributed by atoms with van der Waals surface area (Å²) in [6, 6.07) is 13.9. The van der Waals surface area contributed by atoms with E-state index in [1.165, 1.54) is 5.56 Å². The van der Waals surface area contributed by atoms with Crippen molar-refractivity contribution in [2.24, 2.45) is 5.92 Å². The smallest absolute Gasteiger partial charge is 0.345 e. The molecule has 3 atom stereocenters. The molecule has 1 unspecified atom stereocenters. The molecular formula is C27H33NO4S. The van der Waals surface area contributed by atoms with E-state index in [1.54, 1.807) is 12.1 Å². The molecule has 176 valence electrons. The quantitative estimate of drug-likeness (QED) is 0.361. The van der Waals surface area contributed by atoms with Crippen LogP contribution in [0.2, 0.25) is 0 Å². The molecule has 6 heteroatoms. The molecule has 1 aliphatic heterocycles. The molecule has 1 aliphatic rings. The molecule has 0 saturated carbocycles. The third-order valence-electron chi connectivity index (χ3n) is 6.40. The molecule has 0 spiro atoms. The standard InChI is InChI=1S/C27H33NO4S/c1-20(8-5-6-11-21-9-3-2-4-10-21)24(29)16-13-22-14-18-26(30)28(22)19-7-12-23-15-17-25(33-23)27(31)32/h2-4,9-10,15,17,20,22,24,29H,5-6,8,11,13-14,16,18-19H2,1H3,(H,31,32)/t20-,22?,24+/m0/s1. The Hall–Kier alpha value is -2.62. The Morgan fingerprint density at radius 2 is 1.97 bits per heavy atom. The largest absolute Gasteiger partial charge is 0.477 e. The molecule has 2 heterocycles. The number of carboxylic acid groups (broad SMARTS) is 1. The van der Waals surface area contributed by atoms with Crippen molar-refractivity contribution in [1.29, 1.82) is 0 Å². The second-order valence-corrected chi connectivity index (χ2v) is 9.92. The number of likely N-dealkylation sites (tertiary alicyclic amines) is 1. The highest BCUT2D eigenvalue weighted by atomic mass is 32.1. The van der Waals surface area contributed by atoms with Gasteiger partial charge in [-0.3, -0.25) is 4.79 Å². The minimum atomic E-state index is -0.952. The number of hydrogen-bond acceptors (Lipinski definition) is 4. The molecule has 1 aromatic carbocycles. The van der Waals surface area contributed by atoms with Crippen LogP contribution in [0.5, 0.6) is 0 Å². The maximum absolute atomic E-state index is 12.3. The molecular weight excluding hydrogens is 434 g/mol. The number of aromatic carboxylic acids is 1. The number of aliphatic hydroxyl groups excluding tert-OH is 1. The van der Waals surface area contributed by atoms with Gasteiger partial charge in [0.25, 0.3) is 0 Å². The number of nitrogens with zero attached hydrogens (tertiary/aromatic N) is 1. The van der Waals surface area contributed by atoms with E-state index in [1.807, 2.05) is 11.0 Å². The van der Waals surface area contributed by atoms with Crippen molar-refractivity contribution in [3.8, 4) is 11.8 Å². The average molecular weight is 468 g/mol. The van der Waals surface area contributed by atoms with Gasteiger partial charge in [0.15, 0.2) is 0 Å². The predicted molar refractivity (Wildman–Crippen MR) is 131 cm³/mol. The van der Waals surface area contributed by atoms with Crippen molar-refractivity contribution in [2.75, 3.05) is 6.54 Å². The van der Waals surface area contributed by atoms with Gasteiger partial charge in [0.05, 0.1) is 17.5 Å². The van der Waals surface area contributed by atoms with Gasteiger partial charge >= 0.3 is 5.97 Å². The average Bonchev–Trinajstić information content (AvgIpc) is 3.43. The lowest BCUT2D eigenvalue weighted by Crippen LogP contribution is -2.34. The number of benzene rings is 1. The van der Waals surface area contributed by atoms with Gasteiger partial charge in [-0.25, -0.2) is 4.79 Å². The second-order valence-electron chi connectivity index (χ2n) is 8.84. The van der Waals surface area contributed by atoms with Crippen molar-refractivity contribution in [3.63, 3.8) is 0 Å². The first kappa shape index (κ1) is 25.0. The number of aryl methyl sites for hydroxylation is 1. The van der Waals surface area contributed by atoms with Gasteiger partial charge in [-0.15, -0.1) is 11.3 Å². The Kier molecular flexibility index (Phi) is 9.53. The summed E-state index contributed by atoms with van der Waals surface area (Å²) in [5.74, 6) is 5.40. The lowest BCUT2D eigenvalue weighted by Gasteiger charge is -2.25. The van der Waals surface area contributed by atoms with Crippen molar-refractivity contribution in [1.82, 2.24) is 4.90 Å². The summed E-state index contributed by atoms with van der Waals surface area (Å²) in [5, 5.41) is 19.6. The molecule has 1 amide bonds. The topological polar surface area (TPSA) is 77.8 Å². The van der Waals surface area contributed by atoms with Crippen molar-refractivity contribution >= 4 is 23.2 Å². The normalized spacial score (nSPS) is 17.5. The lowest BCUT2D eigenvalue weighted by atomic mass is 9.92. The minimum absolute atomic E-state index is 0.107. The maximum Gasteiger partial charge on any atom is 0.345 e. The van der Waals surface area contributed by atoms with E-state index in [0.29, 0.717) is 24.3 Å². The van der Waals surface area contributed by atoms with Crippen LogP contribution in [-0.4, -0.2) is 45.7 Å². The van der Waals surface area contributed by atoms with E-state index in [0.717, 1.165) is 49.9 Å². The SMILES string of the molecule is C[C@@H](CCCCc1ccccc1)[C@H](O)CCC1CCC(=O)N1CC#Cc1ccc(C(=O)O)s1. The molecule has 2 N–H and O–H groups in total. The van der Waals surface area contributed by atoms with Crippen molar-refractivity contribution in [3.05, 3.63) is 57.8 Å². The Labute approximate surface area is 200 Å². The van der Waals surface area contributed by atoms with Crippen LogP contribution in [0.3, 0.4) is 0 Å². The molecule has 0 aliphatic carbocycles. The van der Waals surface area contributed by atoms with Crippen LogP contribution in [0.15, 0.2) is 42.5 Å². The van der Waals surface area contributed by atoms with Crippen LogP contribution < -0.4 is 0 Å². The zero-order chi connectivity index (χ0) is 23.6. The van der Waals surface area contributed by atoms with Crippen LogP contribution in [-0.2, 0) is 11.2 Å². The molecule has 0 bridgehead atoms. The summed E-state index contributed by atoms with van der Waals surface area (Å²) in [6.45, 7) is 2.46. The second kappa shape index (κ2) is 12.6. The number of carboxylic acids is 1. The van der Waals surface area contributed by atoms with Gasteiger partial charge in [-0.05, 0) is 62.1 Å². The van der Waals surface area contributed by atoms with Gasteiger partial charge in [0.1, 0.15) is 4.88 Å². The van der Waals surface area contributed by atoms with Gasteiger partial charge in [0.2, 0.25) is 5.91 Å². The van der Waals surface area contributed by atoms with Crippen LogP contribution >= 0.6 is 11.3 Å².